The van der Waals surface area contributed by atoms with Crippen LogP contribution in [0, 0.1) is 0 Å². The highest BCUT2D eigenvalue weighted by molar-refractivity contribution is 5.79. The summed E-state index contributed by atoms with van der Waals surface area (Å²) < 4.78 is 5.72. The Morgan fingerprint density at radius 3 is 2.50 bits per heavy atom. The highest BCUT2D eigenvalue weighted by Crippen LogP contribution is 2.19. The zero-order chi connectivity index (χ0) is 15.1. The van der Waals surface area contributed by atoms with E-state index >= 15 is 0 Å². The van der Waals surface area contributed by atoms with Crippen molar-refractivity contribution in [2.24, 2.45) is 0 Å². The molecule has 1 aromatic carbocycles. The van der Waals surface area contributed by atoms with E-state index in [1.165, 1.54) is 0 Å². The van der Waals surface area contributed by atoms with E-state index in [-0.39, 0.29) is 12.0 Å². The number of hydrogen-bond acceptors (Lipinski definition) is 3. The Kier molecular flexibility index (Phi) is 6.52. The molecule has 0 radical (unpaired) electrons. The predicted molar refractivity (Wildman–Crippen MR) is 82.1 cm³/mol. The third-order valence-corrected chi connectivity index (χ3v) is 3.16. The molecule has 0 aromatic heterocycles. The first-order valence-electron chi connectivity index (χ1n) is 7.07. The molecule has 0 fully saturated rings. The monoisotopic (exact) mass is 278 g/mol. The molecule has 0 spiro atoms. The van der Waals surface area contributed by atoms with E-state index in [4.69, 9.17) is 4.74 Å². The van der Waals surface area contributed by atoms with Crippen molar-refractivity contribution in [3.8, 4) is 5.75 Å². The average Bonchev–Trinajstić information content (AvgIpc) is 2.37. The Labute approximate surface area is 122 Å². The van der Waals surface area contributed by atoms with Crippen molar-refractivity contribution in [2.45, 2.75) is 39.3 Å². The minimum Gasteiger partial charge on any atom is -0.491 e. The minimum absolute atomic E-state index is 0.0264. The number of amides is 1. The fourth-order valence-corrected chi connectivity index (χ4v) is 1.70. The molecule has 4 nitrogen and oxygen atoms in total. The topological polar surface area (TPSA) is 41.6 Å². The lowest BCUT2D eigenvalue weighted by molar-refractivity contribution is -0.120. The Bertz CT molecular complexity index is 430. The van der Waals surface area contributed by atoms with E-state index in [1.54, 1.807) is 0 Å². The lowest BCUT2D eigenvalue weighted by Gasteiger charge is -2.20. The molecule has 1 aromatic rings. The van der Waals surface area contributed by atoms with Crippen molar-refractivity contribution in [3.63, 3.8) is 0 Å². The van der Waals surface area contributed by atoms with Crippen molar-refractivity contribution in [3.05, 3.63) is 29.8 Å². The summed E-state index contributed by atoms with van der Waals surface area (Å²) in [5, 5.41) is 2.96. The van der Waals surface area contributed by atoms with Gasteiger partial charge in [0.2, 0.25) is 5.91 Å². The van der Waals surface area contributed by atoms with Crippen molar-refractivity contribution in [1.82, 2.24) is 10.2 Å². The second-order valence-electron chi connectivity index (χ2n) is 5.57. The fraction of sp³-hybridized carbons (Fsp3) is 0.562. The Balaban J connectivity index is 2.57. The number of para-hydroxylation sites is 1. The second kappa shape index (κ2) is 7.90. The average molecular weight is 278 g/mol. The maximum Gasteiger partial charge on any atom is 0.224 e. The molecule has 1 rings (SSSR count). The Hall–Kier alpha value is -1.55. The van der Waals surface area contributed by atoms with Crippen LogP contribution in [0.4, 0.5) is 0 Å². The molecule has 0 heterocycles. The van der Waals surface area contributed by atoms with E-state index in [0.29, 0.717) is 19.0 Å². The SMILES string of the molecule is CC(C)Oc1ccccc1CC(=O)NC[C@H](C)N(C)C. The molecule has 4 heteroatoms. The van der Waals surface area contributed by atoms with Gasteiger partial charge in [0.25, 0.3) is 0 Å². The first-order chi connectivity index (χ1) is 9.40. The van der Waals surface area contributed by atoms with Gasteiger partial charge in [0, 0.05) is 18.2 Å². The van der Waals surface area contributed by atoms with E-state index in [1.807, 2.05) is 52.2 Å². The summed E-state index contributed by atoms with van der Waals surface area (Å²) in [5.41, 5.74) is 0.927. The Morgan fingerprint density at radius 2 is 1.90 bits per heavy atom. The van der Waals surface area contributed by atoms with Gasteiger partial charge in [-0.25, -0.2) is 0 Å². The molecule has 20 heavy (non-hydrogen) atoms. The van der Waals surface area contributed by atoms with Gasteiger partial charge in [-0.3, -0.25) is 4.79 Å². The van der Waals surface area contributed by atoms with Gasteiger partial charge in [-0.15, -0.1) is 0 Å². The third kappa shape index (κ3) is 5.61. The van der Waals surface area contributed by atoms with Crippen molar-refractivity contribution >= 4 is 5.91 Å². The molecular formula is C16H26N2O2. The summed E-state index contributed by atoms with van der Waals surface area (Å²) in [4.78, 5) is 14.1. The summed E-state index contributed by atoms with van der Waals surface area (Å²) in [7, 11) is 4.01. The van der Waals surface area contributed by atoms with E-state index in [2.05, 4.69) is 17.1 Å². The molecular weight excluding hydrogens is 252 g/mol. The number of ether oxygens (including phenoxy) is 1. The van der Waals surface area contributed by atoms with Crippen molar-refractivity contribution in [2.75, 3.05) is 20.6 Å². The Morgan fingerprint density at radius 1 is 1.25 bits per heavy atom. The summed E-state index contributed by atoms with van der Waals surface area (Å²) in [5.74, 6) is 0.816. The lowest BCUT2D eigenvalue weighted by atomic mass is 10.1. The van der Waals surface area contributed by atoms with Crippen LogP contribution in [0.5, 0.6) is 5.75 Å². The molecule has 1 atom stereocenters. The summed E-state index contributed by atoms with van der Waals surface area (Å²) in [6.45, 7) is 6.69. The number of hydrogen-bond donors (Lipinski definition) is 1. The van der Waals surface area contributed by atoms with E-state index in [0.717, 1.165) is 11.3 Å². The fourth-order valence-electron chi connectivity index (χ4n) is 1.70. The largest absolute Gasteiger partial charge is 0.491 e. The standard InChI is InChI=1S/C16H26N2O2/c1-12(2)20-15-9-7-6-8-14(15)10-16(19)17-11-13(3)18(4)5/h6-9,12-13H,10-11H2,1-5H3,(H,17,19)/t13-/m0/s1. The predicted octanol–water partition coefficient (Wildman–Crippen LogP) is 2.08. The van der Waals surface area contributed by atoms with Crippen LogP contribution in [-0.2, 0) is 11.2 Å². The molecule has 1 N–H and O–H groups in total. The van der Waals surface area contributed by atoms with Crippen LogP contribution in [0.3, 0.4) is 0 Å². The normalized spacial score (nSPS) is 12.6. The van der Waals surface area contributed by atoms with Gasteiger partial charge in [-0.05, 0) is 40.9 Å². The molecule has 0 unspecified atom stereocenters. The highest BCUT2D eigenvalue weighted by Gasteiger charge is 2.11. The van der Waals surface area contributed by atoms with Crippen LogP contribution in [0.2, 0.25) is 0 Å². The van der Waals surface area contributed by atoms with Gasteiger partial charge in [0.15, 0.2) is 0 Å². The summed E-state index contributed by atoms with van der Waals surface area (Å²) in [6, 6.07) is 8.02. The molecule has 0 saturated carbocycles. The highest BCUT2D eigenvalue weighted by atomic mass is 16.5. The quantitative estimate of drug-likeness (QED) is 0.830. The van der Waals surface area contributed by atoms with Crippen LogP contribution < -0.4 is 10.1 Å². The zero-order valence-electron chi connectivity index (χ0n) is 13.1. The molecule has 0 aliphatic rings. The molecule has 0 saturated heterocycles. The first-order valence-corrected chi connectivity index (χ1v) is 7.07. The maximum absolute atomic E-state index is 12.0. The number of rotatable bonds is 7. The number of nitrogens with one attached hydrogen (secondary N) is 1. The smallest absolute Gasteiger partial charge is 0.224 e. The van der Waals surface area contributed by atoms with Gasteiger partial charge in [-0.1, -0.05) is 18.2 Å². The minimum atomic E-state index is 0.0264. The molecule has 0 bridgehead atoms. The molecule has 1 amide bonds. The first kappa shape index (κ1) is 16.5. The van der Waals surface area contributed by atoms with Gasteiger partial charge in [0.05, 0.1) is 12.5 Å². The number of nitrogens with zero attached hydrogens (tertiary/aromatic N) is 1. The number of carbonyl (C=O) groups excluding carboxylic acids is 1. The molecule has 0 aliphatic heterocycles. The van der Waals surface area contributed by atoms with Gasteiger partial charge in [0.1, 0.15) is 5.75 Å². The maximum atomic E-state index is 12.0. The van der Waals surface area contributed by atoms with Gasteiger partial charge < -0.3 is 15.0 Å². The van der Waals surface area contributed by atoms with Crippen LogP contribution in [-0.4, -0.2) is 43.6 Å². The molecule has 0 aliphatic carbocycles. The number of benzene rings is 1. The third-order valence-electron chi connectivity index (χ3n) is 3.16. The van der Waals surface area contributed by atoms with E-state index < -0.39 is 0 Å². The van der Waals surface area contributed by atoms with Gasteiger partial charge >= 0.3 is 0 Å². The van der Waals surface area contributed by atoms with Crippen molar-refractivity contribution in [1.29, 1.82) is 0 Å². The summed E-state index contributed by atoms with van der Waals surface area (Å²) in [6.07, 6.45) is 0.455. The zero-order valence-corrected chi connectivity index (χ0v) is 13.1. The van der Waals surface area contributed by atoms with Crippen molar-refractivity contribution < 1.29 is 9.53 Å². The van der Waals surface area contributed by atoms with E-state index in [9.17, 15) is 4.79 Å². The van der Waals surface area contributed by atoms with Crippen LogP contribution >= 0.6 is 0 Å². The number of carbonyl (C=O) groups is 1. The van der Waals surface area contributed by atoms with Crippen LogP contribution in [0.15, 0.2) is 24.3 Å². The summed E-state index contributed by atoms with van der Waals surface area (Å²) >= 11 is 0. The van der Waals surface area contributed by atoms with Gasteiger partial charge in [-0.2, -0.15) is 0 Å². The molecule has 112 valence electrons. The van der Waals surface area contributed by atoms with Crippen LogP contribution in [0.1, 0.15) is 26.3 Å². The van der Waals surface area contributed by atoms with Crippen LogP contribution in [0.25, 0.3) is 0 Å². The second-order valence-corrected chi connectivity index (χ2v) is 5.57. The number of likely N-dealkylation sites (N-methyl/N-ethyl adjacent to an activating group) is 1. The lowest BCUT2D eigenvalue weighted by Crippen LogP contribution is -2.38.